The van der Waals surface area contributed by atoms with E-state index in [1.54, 1.807) is 12.1 Å². The molecule has 0 amide bonds. The van der Waals surface area contributed by atoms with Crippen molar-refractivity contribution in [3.63, 3.8) is 0 Å². The lowest BCUT2D eigenvalue weighted by Crippen LogP contribution is -2.28. The molecule has 4 heteroatoms. The first kappa shape index (κ1) is 17.4. The van der Waals surface area contributed by atoms with Gasteiger partial charge >= 0.3 is 0 Å². The van der Waals surface area contributed by atoms with Gasteiger partial charge < -0.3 is 5.32 Å². The Bertz CT molecular complexity index is 764. The van der Waals surface area contributed by atoms with E-state index in [4.69, 9.17) is 0 Å². The van der Waals surface area contributed by atoms with Crippen molar-refractivity contribution < 1.29 is 9.59 Å². The minimum absolute atomic E-state index is 0.0291. The molecular weight excluding hydrogens is 312 g/mol. The summed E-state index contributed by atoms with van der Waals surface area (Å²) in [5.41, 5.74) is 3.09. The molecule has 4 nitrogen and oxygen atoms in total. The number of rotatable bonds is 7. The molecular formula is C21H24N2O2. The number of hydrogen-bond acceptors (Lipinski definition) is 4. The van der Waals surface area contributed by atoms with E-state index < -0.39 is 0 Å². The van der Waals surface area contributed by atoms with Crippen molar-refractivity contribution >= 4 is 17.3 Å². The number of carbonyl (C=O) groups excluding carboxylic acids is 2. The molecule has 25 heavy (non-hydrogen) atoms. The van der Waals surface area contributed by atoms with Crippen molar-refractivity contribution in [2.45, 2.75) is 19.8 Å². The second-order valence-corrected chi connectivity index (χ2v) is 6.60. The smallest absolute Gasteiger partial charge is 0.182 e. The Balaban J connectivity index is 1.68. The van der Waals surface area contributed by atoms with Gasteiger partial charge in [0.15, 0.2) is 11.6 Å². The minimum Gasteiger partial charge on any atom is -0.378 e. The minimum atomic E-state index is -0.0631. The zero-order valence-electron chi connectivity index (χ0n) is 14.6. The number of nitrogens with one attached hydrogen (secondary N) is 1. The van der Waals surface area contributed by atoms with Crippen LogP contribution in [0.4, 0.5) is 5.69 Å². The molecule has 2 aromatic carbocycles. The predicted octanol–water partition coefficient (Wildman–Crippen LogP) is 3.57. The molecule has 0 spiro atoms. The van der Waals surface area contributed by atoms with Crippen LogP contribution >= 0.6 is 0 Å². The summed E-state index contributed by atoms with van der Waals surface area (Å²) in [6, 6.07) is 15.0. The van der Waals surface area contributed by atoms with Crippen LogP contribution in [0.15, 0.2) is 48.5 Å². The number of likely N-dealkylation sites (tertiary alicyclic amines) is 1. The summed E-state index contributed by atoms with van der Waals surface area (Å²) in [6.45, 7) is 4.53. The van der Waals surface area contributed by atoms with Crippen molar-refractivity contribution in [3.05, 3.63) is 65.2 Å². The van der Waals surface area contributed by atoms with Crippen LogP contribution in [0.2, 0.25) is 0 Å². The first-order valence-electron chi connectivity index (χ1n) is 8.82. The molecule has 1 fully saturated rings. The van der Waals surface area contributed by atoms with Crippen molar-refractivity contribution in [1.82, 2.24) is 4.90 Å². The van der Waals surface area contributed by atoms with Crippen molar-refractivity contribution in [3.8, 4) is 0 Å². The maximum absolute atomic E-state index is 12.6. The van der Waals surface area contributed by atoms with Gasteiger partial charge in [-0.15, -0.1) is 0 Å². The third-order valence-electron chi connectivity index (χ3n) is 4.56. The highest BCUT2D eigenvalue weighted by Crippen LogP contribution is 2.15. The molecule has 0 atom stereocenters. The molecule has 1 aliphatic rings. The van der Waals surface area contributed by atoms with Gasteiger partial charge in [0.25, 0.3) is 0 Å². The quantitative estimate of drug-likeness (QED) is 0.785. The van der Waals surface area contributed by atoms with E-state index >= 15 is 0 Å². The molecule has 3 rings (SSSR count). The number of Topliss-reactive ketones (excluding diaryl/α,β-unsaturated/α-hetero) is 2. The van der Waals surface area contributed by atoms with Crippen LogP contribution in [0.1, 0.15) is 39.1 Å². The van der Waals surface area contributed by atoms with Gasteiger partial charge in [-0.2, -0.15) is 0 Å². The Hall–Kier alpha value is -2.46. The molecule has 0 aromatic heterocycles. The second kappa shape index (κ2) is 8.08. The largest absolute Gasteiger partial charge is 0.378 e. The molecule has 2 aromatic rings. The molecule has 1 saturated heterocycles. The molecule has 0 saturated carbocycles. The fourth-order valence-electron chi connectivity index (χ4n) is 3.23. The van der Waals surface area contributed by atoms with E-state index in [1.165, 1.54) is 0 Å². The summed E-state index contributed by atoms with van der Waals surface area (Å²) in [5.74, 6) is -0.0340. The molecule has 130 valence electrons. The van der Waals surface area contributed by atoms with Gasteiger partial charge in [-0.05, 0) is 50.6 Å². The molecule has 1 N–H and O–H groups in total. The van der Waals surface area contributed by atoms with E-state index in [1.807, 2.05) is 43.3 Å². The average molecular weight is 336 g/mol. The van der Waals surface area contributed by atoms with Gasteiger partial charge in [-0.1, -0.05) is 36.4 Å². The Morgan fingerprint density at radius 1 is 0.960 bits per heavy atom. The third kappa shape index (κ3) is 4.54. The first-order chi connectivity index (χ1) is 12.1. The normalized spacial score (nSPS) is 14.4. The van der Waals surface area contributed by atoms with E-state index in [-0.39, 0.29) is 18.1 Å². The maximum Gasteiger partial charge on any atom is 0.182 e. The summed E-state index contributed by atoms with van der Waals surface area (Å²) in [6.07, 6.45) is 2.29. The first-order valence-corrected chi connectivity index (χ1v) is 8.82. The van der Waals surface area contributed by atoms with Gasteiger partial charge in [-0.25, -0.2) is 0 Å². The van der Waals surface area contributed by atoms with E-state index in [2.05, 4.69) is 10.2 Å². The molecule has 1 heterocycles. The Labute approximate surface area is 148 Å². The second-order valence-electron chi connectivity index (χ2n) is 6.60. The topological polar surface area (TPSA) is 49.4 Å². The monoisotopic (exact) mass is 336 g/mol. The van der Waals surface area contributed by atoms with Gasteiger partial charge in [0.05, 0.1) is 13.1 Å². The molecule has 0 bridgehead atoms. The highest BCUT2D eigenvalue weighted by atomic mass is 16.1. The molecule has 0 radical (unpaired) electrons. The van der Waals surface area contributed by atoms with Crippen molar-refractivity contribution in [2.75, 3.05) is 31.5 Å². The molecule has 0 unspecified atom stereocenters. The Morgan fingerprint density at radius 3 is 2.32 bits per heavy atom. The average Bonchev–Trinajstić information content (AvgIpc) is 3.12. The summed E-state index contributed by atoms with van der Waals surface area (Å²) in [7, 11) is 0. The molecule has 1 aliphatic heterocycles. The Morgan fingerprint density at radius 2 is 1.64 bits per heavy atom. The maximum atomic E-state index is 12.6. The van der Waals surface area contributed by atoms with Gasteiger partial charge in [0, 0.05) is 16.8 Å². The van der Waals surface area contributed by atoms with Crippen LogP contribution in [-0.4, -0.2) is 42.6 Å². The third-order valence-corrected chi connectivity index (χ3v) is 4.56. The van der Waals surface area contributed by atoms with Gasteiger partial charge in [0.2, 0.25) is 0 Å². The lowest BCUT2D eigenvalue weighted by atomic mass is 9.99. The van der Waals surface area contributed by atoms with Crippen LogP contribution in [0.5, 0.6) is 0 Å². The highest BCUT2D eigenvalue weighted by molar-refractivity contribution is 6.10. The summed E-state index contributed by atoms with van der Waals surface area (Å²) >= 11 is 0. The number of benzene rings is 2. The number of hydrogen-bond donors (Lipinski definition) is 1. The summed E-state index contributed by atoms with van der Waals surface area (Å²) < 4.78 is 0. The van der Waals surface area contributed by atoms with E-state index in [0.29, 0.717) is 17.7 Å². The summed E-state index contributed by atoms with van der Waals surface area (Å²) in [4.78, 5) is 27.4. The zero-order chi connectivity index (χ0) is 17.6. The predicted molar refractivity (Wildman–Crippen MR) is 100 cm³/mol. The van der Waals surface area contributed by atoms with E-state index in [0.717, 1.165) is 37.2 Å². The fourth-order valence-corrected chi connectivity index (χ4v) is 3.23. The number of aryl methyl sites for hydroxylation is 1. The standard InChI is InChI=1S/C21H24N2O2/c1-16-7-6-8-17(13-16)22-14-20(24)18-9-2-3-10-19(18)21(25)15-23-11-4-5-12-23/h2-3,6-10,13,22H,4-5,11-12,14-15H2,1H3. The van der Waals surface area contributed by atoms with E-state index in [9.17, 15) is 9.59 Å². The SMILES string of the molecule is Cc1cccc(NCC(=O)c2ccccc2C(=O)CN2CCCC2)c1. The lowest BCUT2D eigenvalue weighted by molar-refractivity contribution is 0.0931. The van der Waals surface area contributed by atoms with Crippen molar-refractivity contribution in [1.29, 1.82) is 0 Å². The molecule has 0 aliphatic carbocycles. The number of anilines is 1. The van der Waals surface area contributed by atoms with Crippen LogP contribution in [0.25, 0.3) is 0 Å². The lowest BCUT2D eigenvalue weighted by Gasteiger charge is -2.15. The number of nitrogens with zero attached hydrogens (tertiary/aromatic N) is 1. The highest BCUT2D eigenvalue weighted by Gasteiger charge is 2.20. The number of carbonyl (C=O) groups is 2. The van der Waals surface area contributed by atoms with Gasteiger partial charge in [-0.3, -0.25) is 14.5 Å². The zero-order valence-corrected chi connectivity index (χ0v) is 14.6. The Kier molecular flexibility index (Phi) is 5.61. The van der Waals surface area contributed by atoms with Crippen LogP contribution in [-0.2, 0) is 0 Å². The van der Waals surface area contributed by atoms with Crippen LogP contribution < -0.4 is 5.32 Å². The fraction of sp³-hybridized carbons (Fsp3) is 0.333. The van der Waals surface area contributed by atoms with Crippen LogP contribution in [0.3, 0.4) is 0 Å². The van der Waals surface area contributed by atoms with Crippen molar-refractivity contribution in [2.24, 2.45) is 0 Å². The summed E-state index contributed by atoms with van der Waals surface area (Å²) in [5, 5.41) is 3.15. The van der Waals surface area contributed by atoms with Crippen LogP contribution in [0, 0.1) is 6.92 Å². The van der Waals surface area contributed by atoms with Gasteiger partial charge in [0.1, 0.15) is 0 Å². The number of ketones is 2.